The minimum Gasteiger partial charge on any atom is -0.497 e. The summed E-state index contributed by atoms with van der Waals surface area (Å²) in [6.07, 6.45) is 1.60. The number of carbonyl (C=O) groups is 1. The first-order valence-electron chi connectivity index (χ1n) is 9.08. The molecule has 0 aliphatic rings. The van der Waals surface area contributed by atoms with E-state index in [4.69, 9.17) is 14.5 Å². The molecular weight excluding hydrogens is 342 g/mol. The zero-order valence-corrected chi connectivity index (χ0v) is 15.8. The summed E-state index contributed by atoms with van der Waals surface area (Å²) in [6, 6.07) is 15.3. The van der Waals surface area contributed by atoms with Crippen molar-refractivity contribution in [3.05, 3.63) is 59.9 Å². The van der Waals surface area contributed by atoms with Gasteiger partial charge in [-0.15, -0.1) is 0 Å². The van der Waals surface area contributed by atoms with Crippen molar-refractivity contribution in [3.63, 3.8) is 0 Å². The molecule has 0 atom stereocenters. The van der Waals surface area contributed by atoms with Crippen LogP contribution >= 0.6 is 0 Å². The molecule has 27 heavy (non-hydrogen) atoms. The van der Waals surface area contributed by atoms with Gasteiger partial charge >= 0.3 is 0 Å². The monoisotopic (exact) mass is 367 g/mol. The predicted octanol–water partition coefficient (Wildman–Crippen LogP) is 3.05. The molecule has 2 aromatic carbocycles. The van der Waals surface area contributed by atoms with Crippen LogP contribution in [0.5, 0.6) is 5.75 Å². The van der Waals surface area contributed by atoms with Gasteiger partial charge in [0.2, 0.25) is 0 Å². The average molecular weight is 367 g/mol. The third kappa shape index (κ3) is 4.65. The lowest BCUT2D eigenvalue weighted by atomic mass is 10.2. The van der Waals surface area contributed by atoms with Crippen LogP contribution in [0.2, 0.25) is 0 Å². The summed E-state index contributed by atoms with van der Waals surface area (Å²) in [5.41, 5.74) is 2.70. The zero-order chi connectivity index (χ0) is 19.1. The van der Waals surface area contributed by atoms with E-state index in [0.717, 1.165) is 36.2 Å². The molecule has 1 N–H and O–H groups in total. The molecule has 0 spiro atoms. The summed E-state index contributed by atoms with van der Waals surface area (Å²) >= 11 is 0. The van der Waals surface area contributed by atoms with Gasteiger partial charge in [0.15, 0.2) is 0 Å². The molecule has 0 saturated carbocycles. The lowest BCUT2D eigenvalue weighted by molar-refractivity contribution is 0.0953. The molecule has 0 aliphatic carbocycles. The summed E-state index contributed by atoms with van der Waals surface area (Å²) in [6.45, 7) is 1.99. The van der Waals surface area contributed by atoms with Crippen LogP contribution in [0.4, 0.5) is 0 Å². The number of rotatable bonds is 9. The standard InChI is InChI=1S/C21H25N3O3/c1-26-14-13-24-19-10-4-3-9-18(19)23-20(24)11-6-12-22-21(25)16-7-5-8-17(15-16)27-2/h3-5,7-10,15H,6,11-14H2,1-2H3,(H,22,25). The Morgan fingerprint density at radius 1 is 1.15 bits per heavy atom. The molecule has 6 nitrogen and oxygen atoms in total. The molecule has 3 aromatic rings. The highest BCUT2D eigenvalue weighted by atomic mass is 16.5. The second kappa shape index (κ2) is 9.19. The summed E-state index contributed by atoms with van der Waals surface area (Å²) in [7, 11) is 3.29. The van der Waals surface area contributed by atoms with Gasteiger partial charge in [0.1, 0.15) is 11.6 Å². The summed E-state index contributed by atoms with van der Waals surface area (Å²) in [5, 5.41) is 2.96. The number of aromatic nitrogens is 2. The Hall–Kier alpha value is -2.86. The van der Waals surface area contributed by atoms with Crippen LogP contribution in [0.1, 0.15) is 22.6 Å². The number of fused-ring (bicyclic) bond motifs is 1. The van der Waals surface area contributed by atoms with Crippen LogP contribution in [0.3, 0.4) is 0 Å². The number of aryl methyl sites for hydroxylation is 1. The normalized spacial score (nSPS) is 10.9. The van der Waals surface area contributed by atoms with Crippen LogP contribution in [0.15, 0.2) is 48.5 Å². The van der Waals surface area contributed by atoms with E-state index in [1.807, 2.05) is 30.3 Å². The van der Waals surface area contributed by atoms with E-state index >= 15 is 0 Å². The predicted molar refractivity (Wildman–Crippen MR) is 105 cm³/mol. The number of amides is 1. The van der Waals surface area contributed by atoms with E-state index < -0.39 is 0 Å². The van der Waals surface area contributed by atoms with Crippen LogP contribution in [-0.2, 0) is 17.7 Å². The number of nitrogens with one attached hydrogen (secondary N) is 1. The van der Waals surface area contributed by atoms with Gasteiger partial charge in [-0.3, -0.25) is 4.79 Å². The Morgan fingerprint density at radius 2 is 2.00 bits per heavy atom. The molecule has 6 heteroatoms. The highest BCUT2D eigenvalue weighted by Crippen LogP contribution is 2.17. The first kappa shape index (κ1) is 18.9. The van der Waals surface area contributed by atoms with Gasteiger partial charge in [-0.1, -0.05) is 18.2 Å². The Labute approximate surface area is 159 Å². The molecule has 142 valence electrons. The molecule has 1 heterocycles. The van der Waals surface area contributed by atoms with Gasteiger partial charge < -0.3 is 19.4 Å². The molecule has 0 saturated heterocycles. The number of methoxy groups -OCH3 is 2. The zero-order valence-electron chi connectivity index (χ0n) is 15.8. The van der Waals surface area contributed by atoms with E-state index in [1.165, 1.54) is 0 Å². The number of para-hydroxylation sites is 2. The first-order valence-corrected chi connectivity index (χ1v) is 9.08. The van der Waals surface area contributed by atoms with Crippen LogP contribution in [0, 0.1) is 0 Å². The third-order valence-corrected chi connectivity index (χ3v) is 4.45. The van der Waals surface area contributed by atoms with Crippen molar-refractivity contribution in [1.29, 1.82) is 0 Å². The minimum atomic E-state index is -0.0956. The number of nitrogens with zero attached hydrogens (tertiary/aromatic N) is 2. The van der Waals surface area contributed by atoms with Crippen molar-refractivity contribution >= 4 is 16.9 Å². The minimum absolute atomic E-state index is 0.0956. The van der Waals surface area contributed by atoms with Gasteiger partial charge in [0.05, 0.1) is 24.8 Å². The number of hydrogen-bond acceptors (Lipinski definition) is 4. The Kier molecular flexibility index (Phi) is 6.44. The van der Waals surface area contributed by atoms with Gasteiger partial charge in [0.25, 0.3) is 5.91 Å². The molecule has 0 unspecified atom stereocenters. The van der Waals surface area contributed by atoms with Crippen molar-refractivity contribution < 1.29 is 14.3 Å². The van der Waals surface area contributed by atoms with Gasteiger partial charge in [0, 0.05) is 32.2 Å². The maximum absolute atomic E-state index is 12.3. The summed E-state index contributed by atoms with van der Waals surface area (Å²) in [4.78, 5) is 17.0. The number of imidazole rings is 1. The molecule has 1 aromatic heterocycles. The fraction of sp³-hybridized carbons (Fsp3) is 0.333. The molecule has 0 aliphatic heterocycles. The van der Waals surface area contributed by atoms with Crippen LogP contribution in [-0.4, -0.2) is 42.8 Å². The van der Waals surface area contributed by atoms with Gasteiger partial charge in [-0.2, -0.15) is 0 Å². The first-order chi connectivity index (χ1) is 13.2. The highest BCUT2D eigenvalue weighted by molar-refractivity contribution is 5.94. The van der Waals surface area contributed by atoms with Crippen LogP contribution < -0.4 is 10.1 Å². The number of benzene rings is 2. The topological polar surface area (TPSA) is 65.4 Å². The lowest BCUT2D eigenvalue weighted by Gasteiger charge is -2.09. The van der Waals surface area contributed by atoms with E-state index in [9.17, 15) is 4.79 Å². The summed E-state index contributed by atoms with van der Waals surface area (Å²) < 4.78 is 12.6. The van der Waals surface area contributed by atoms with Gasteiger partial charge in [-0.25, -0.2) is 4.98 Å². The fourth-order valence-electron chi connectivity index (χ4n) is 3.06. The summed E-state index contributed by atoms with van der Waals surface area (Å²) in [5.74, 6) is 1.60. The van der Waals surface area contributed by atoms with E-state index in [-0.39, 0.29) is 5.91 Å². The molecule has 0 fully saturated rings. The number of hydrogen-bond donors (Lipinski definition) is 1. The quantitative estimate of drug-likeness (QED) is 0.591. The highest BCUT2D eigenvalue weighted by Gasteiger charge is 2.11. The largest absolute Gasteiger partial charge is 0.497 e. The number of carbonyl (C=O) groups excluding carboxylic acids is 1. The lowest BCUT2D eigenvalue weighted by Crippen LogP contribution is -2.25. The fourth-order valence-corrected chi connectivity index (χ4v) is 3.06. The maximum atomic E-state index is 12.3. The smallest absolute Gasteiger partial charge is 0.251 e. The van der Waals surface area contributed by atoms with E-state index in [2.05, 4.69) is 16.0 Å². The van der Waals surface area contributed by atoms with E-state index in [0.29, 0.717) is 24.5 Å². The van der Waals surface area contributed by atoms with Crippen molar-refractivity contribution in [2.24, 2.45) is 0 Å². The molecule has 0 bridgehead atoms. The Morgan fingerprint density at radius 3 is 2.81 bits per heavy atom. The van der Waals surface area contributed by atoms with Crippen LogP contribution in [0.25, 0.3) is 11.0 Å². The molecule has 1 amide bonds. The Bertz CT molecular complexity index is 905. The van der Waals surface area contributed by atoms with Gasteiger partial charge in [-0.05, 0) is 36.8 Å². The molecule has 3 rings (SSSR count). The number of ether oxygens (including phenoxy) is 2. The maximum Gasteiger partial charge on any atom is 0.251 e. The second-order valence-corrected chi connectivity index (χ2v) is 6.25. The average Bonchev–Trinajstić information content (AvgIpc) is 3.06. The van der Waals surface area contributed by atoms with Crippen molar-refractivity contribution in [2.45, 2.75) is 19.4 Å². The molecule has 0 radical (unpaired) electrons. The second-order valence-electron chi connectivity index (χ2n) is 6.25. The SMILES string of the molecule is COCCn1c(CCCNC(=O)c2cccc(OC)c2)nc2ccccc21. The van der Waals surface area contributed by atoms with E-state index in [1.54, 1.807) is 26.4 Å². The van der Waals surface area contributed by atoms with Crippen molar-refractivity contribution in [1.82, 2.24) is 14.9 Å². The third-order valence-electron chi connectivity index (χ3n) is 4.45. The van der Waals surface area contributed by atoms with Crippen molar-refractivity contribution in [2.75, 3.05) is 27.4 Å². The molecular formula is C21H25N3O3. The Balaban J connectivity index is 1.59. The van der Waals surface area contributed by atoms with Crippen molar-refractivity contribution in [3.8, 4) is 5.75 Å².